The van der Waals surface area contributed by atoms with Crippen LogP contribution >= 0.6 is 0 Å². The van der Waals surface area contributed by atoms with Crippen LogP contribution in [0.5, 0.6) is 0 Å². The van der Waals surface area contributed by atoms with Crippen LogP contribution in [0, 0.1) is 0 Å². The number of nitrogens with zero attached hydrogens (tertiary/aromatic N) is 1. The molecule has 3 aromatic rings. The summed E-state index contributed by atoms with van der Waals surface area (Å²) in [4.78, 5) is 14.9. The van der Waals surface area contributed by atoms with Gasteiger partial charge in [-0.3, -0.25) is 0 Å². The summed E-state index contributed by atoms with van der Waals surface area (Å²) in [5.74, 6) is -0.332. The molecule has 3 heteroatoms. The van der Waals surface area contributed by atoms with Crippen molar-refractivity contribution in [3.8, 4) is 0 Å². The average molecular weight is 371 g/mol. The van der Waals surface area contributed by atoms with Crippen molar-refractivity contribution >= 4 is 11.5 Å². The summed E-state index contributed by atoms with van der Waals surface area (Å²) in [5.41, 5.74) is 3.51. The Labute approximate surface area is 166 Å². The van der Waals surface area contributed by atoms with Gasteiger partial charge in [0.15, 0.2) is 6.10 Å². The molecule has 3 rings (SSSR count). The van der Waals surface area contributed by atoms with Gasteiger partial charge in [-0.05, 0) is 37.4 Å². The molecule has 3 aromatic carbocycles. The van der Waals surface area contributed by atoms with Crippen LogP contribution < -0.4 is 0 Å². The summed E-state index contributed by atoms with van der Waals surface area (Å²) in [7, 11) is 4.04. The first kappa shape index (κ1) is 19.6. The number of esters is 1. The highest BCUT2D eigenvalue weighted by Crippen LogP contribution is 2.34. The van der Waals surface area contributed by atoms with Crippen molar-refractivity contribution in [2.45, 2.75) is 6.10 Å². The van der Waals surface area contributed by atoms with Crippen LogP contribution in [0.3, 0.4) is 0 Å². The van der Waals surface area contributed by atoms with Gasteiger partial charge in [0.2, 0.25) is 0 Å². The first-order valence-electron chi connectivity index (χ1n) is 9.36. The molecule has 0 spiro atoms. The molecule has 0 amide bonds. The van der Waals surface area contributed by atoms with E-state index in [2.05, 4.69) is 11.0 Å². The molecule has 0 aliphatic rings. The van der Waals surface area contributed by atoms with Crippen molar-refractivity contribution in [1.29, 1.82) is 0 Å². The largest absolute Gasteiger partial charge is 0.449 e. The minimum atomic E-state index is -0.490. The van der Waals surface area contributed by atoms with E-state index < -0.39 is 6.10 Å². The lowest BCUT2D eigenvalue weighted by molar-refractivity contribution is 0.0408. The van der Waals surface area contributed by atoms with E-state index in [1.165, 1.54) is 0 Å². The van der Waals surface area contributed by atoms with Crippen molar-refractivity contribution in [1.82, 2.24) is 4.90 Å². The highest BCUT2D eigenvalue weighted by atomic mass is 16.5. The van der Waals surface area contributed by atoms with E-state index in [0.717, 1.165) is 23.2 Å². The molecule has 0 aliphatic heterocycles. The van der Waals surface area contributed by atoms with Crippen molar-refractivity contribution in [2.75, 3.05) is 20.6 Å². The van der Waals surface area contributed by atoms with E-state index in [4.69, 9.17) is 4.74 Å². The van der Waals surface area contributed by atoms with E-state index in [1.807, 2.05) is 93.0 Å². The fourth-order valence-electron chi connectivity index (χ4n) is 2.98. The van der Waals surface area contributed by atoms with Gasteiger partial charge >= 0.3 is 5.97 Å². The predicted molar refractivity (Wildman–Crippen MR) is 114 cm³/mol. The second-order valence-corrected chi connectivity index (χ2v) is 6.85. The zero-order valence-corrected chi connectivity index (χ0v) is 16.3. The number of hydrogen-bond donors (Lipinski definition) is 0. The van der Waals surface area contributed by atoms with Gasteiger partial charge in [0.25, 0.3) is 0 Å². The Morgan fingerprint density at radius 1 is 0.821 bits per heavy atom. The van der Waals surface area contributed by atoms with Crippen LogP contribution in [0.25, 0.3) is 5.57 Å². The SMILES string of the molecule is CN(C)CC=C(c1ccccc1)C(OC(=O)c1ccccc1)c1ccccc1. The van der Waals surface area contributed by atoms with Crippen LogP contribution in [-0.4, -0.2) is 31.5 Å². The fraction of sp³-hybridized carbons (Fsp3) is 0.160. The number of ether oxygens (including phenoxy) is 1. The summed E-state index contributed by atoms with van der Waals surface area (Å²) in [6, 6.07) is 29.1. The molecule has 1 unspecified atom stereocenters. The topological polar surface area (TPSA) is 29.5 Å². The Hall–Kier alpha value is -3.17. The molecule has 0 saturated carbocycles. The van der Waals surface area contributed by atoms with Crippen LogP contribution in [0.2, 0.25) is 0 Å². The average Bonchev–Trinajstić information content (AvgIpc) is 2.74. The summed E-state index contributed by atoms with van der Waals surface area (Å²) in [6.45, 7) is 0.746. The summed E-state index contributed by atoms with van der Waals surface area (Å²) < 4.78 is 6.05. The normalized spacial score (nSPS) is 12.6. The van der Waals surface area contributed by atoms with E-state index in [0.29, 0.717) is 5.56 Å². The van der Waals surface area contributed by atoms with Crippen molar-refractivity contribution < 1.29 is 9.53 Å². The molecule has 0 saturated heterocycles. The van der Waals surface area contributed by atoms with Crippen molar-refractivity contribution in [3.05, 3.63) is 114 Å². The third-order valence-corrected chi connectivity index (χ3v) is 4.40. The van der Waals surface area contributed by atoms with Crippen molar-refractivity contribution in [3.63, 3.8) is 0 Å². The molecule has 0 heterocycles. The maximum atomic E-state index is 12.8. The third-order valence-electron chi connectivity index (χ3n) is 4.40. The van der Waals surface area contributed by atoms with Gasteiger partial charge in [-0.15, -0.1) is 0 Å². The van der Waals surface area contributed by atoms with Crippen LogP contribution in [0.4, 0.5) is 0 Å². The smallest absolute Gasteiger partial charge is 0.339 e. The maximum Gasteiger partial charge on any atom is 0.339 e. The Morgan fingerprint density at radius 2 is 1.32 bits per heavy atom. The maximum absolute atomic E-state index is 12.8. The van der Waals surface area contributed by atoms with Gasteiger partial charge in [0, 0.05) is 12.1 Å². The highest BCUT2D eigenvalue weighted by molar-refractivity contribution is 5.90. The molecule has 3 nitrogen and oxygen atoms in total. The number of benzene rings is 3. The number of rotatable bonds is 7. The highest BCUT2D eigenvalue weighted by Gasteiger charge is 2.23. The zero-order valence-electron chi connectivity index (χ0n) is 16.3. The Balaban J connectivity index is 2.02. The fourth-order valence-corrected chi connectivity index (χ4v) is 2.98. The van der Waals surface area contributed by atoms with Gasteiger partial charge in [0.1, 0.15) is 0 Å². The third kappa shape index (κ3) is 5.18. The van der Waals surface area contributed by atoms with E-state index in [-0.39, 0.29) is 5.97 Å². The summed E-state index contributed by atoms with van der Waals surface area (Å²) in [5, 5.41) is 0. The van der Waals surface area contributed by atoms with Crippen molar-refractivity contribution in [2.24, 2.45) is 0 Å². The molecule has 0 aliphatic carbocycles. The number of hydrogen-bond acceptors (Lipinski definition) is 3. The lowest BCUT2D eigenvalue weighted by Crippen LogP contribution is -2.16. The monoisotopic (exact) mass is 371 g/mol. The minimum Gasteiger partial charge on any atom is -0.449 e. The molecule has 28 heavy (non-hydrogen) atoms. The van der Waals surface area contributed by atoms with E-state index in [9.17, 15) is 4.79 Å². The molecular formula is C25H25NO2. The first-order chi connectivity index (χ1) is 13.6. The zero-order chi connectivity index (χ0) is 19.8. The first-order valence-corrected chi connectivity index (χ1v) is 9.36. The number of carbonyl (C=O) groups excluding carboxylic acids is 1. The molecule has 0 aromatic heterocycles. The standard InChI is InChI=1S/C25H25NO2/c1-26(2)19-18-23(20-12-6-3-7-13-20)24(21-14-8-4-9-15-21)28-25(27)22-16-10-5-11-17-22/h3-18,24H,19H2,1-2H3. The van der Waals surface area contributed by atoms with Gasteiger partial charge in [-0.25, -0.2) is 4.79 Å². The van der Waals surface area contributed by atoms with Gasteiger partial charge in [-0.2, -0.15) is 0 Å². The Kier molecular flexibility index (Phi) is 6.77. The molecule has 1 atom stereocenters. The molecular weight excluding hydrogens is 346 g/mol. The Bertz CT molecular complexity index is 903. The predicted octanol–water partition coefficient (Wildman–Crippen LogP) is 5.23. The lowest BCUT2D eigenvalue weighted by Gasteiger charge is -2.23. The lowest BCUT2D eigenvalue weighted by atomic mass is 9.94. The van der Waals surface area contributed by atoms with Gasteiger partial charge in [-0.1, -0.05) is 84.9 Å². The van der Waals surface area contributed by atoms with Gasteiger partial charge < -0.3 is 9.64 Å². The number of carbonyl (C=O) groups is 1. The van der Waals surface area contributed by atoms with Crippen LogP contribution in [0.1, 0.15) is 27.6 Å². The molecule has 142 valence electrons. The summed E-state index contributed by atoms with van der Waals surface area (Å²) >= 11 is 0. The van der Waals surface area contributed by atoms with Crippen LogP contribution in [0.15, 0.2) is 97.1 Å². The van der Waals surface area contributed by atoms with E-state index in [1.54, 1.807) is 12.1 Å². The molecule has 0 N–H and O–H groups in total. The molecule has 0 bridgehead atoms. The second kappa shape index (κ2) is 9.67. The molecule has 0 radical (unpaired) electrons. The molecule has 0 fully saturated rings. The quantitative estimate of drug-likeness (QED) is 0.533. The Morgan fingerprint density at radius 3 is 1.86 bits per heavy atom. The van der Waals surface area contributed by atoms with E-state index >= 15 is 0 Å². The number of likely N-dealkylation sites (N-methyl/N-ethyl adjacent to an activating group) is 1. The second-order valence-electron chi connectivity index (χ2n) is 6.85. The van der Waals surface area contributed by atoms with Gasteiger partial charge in [0.05, 0.1) is 5.56 Å². The summed E-state index contributed by atoms with van der Waals surface area (Å²) in [6.07, 6.45) is 1.64. The van der Waals surface area contributed by atoms with Crippen LogP contribution in [-0.2, 0) is 4.74 Å². The minimum absolute atomic E-state index is 0.332.